The van der Waals surface area contributed by atoms with E-state index in [0.717, 1.165) is 10.9 Å². The molecule has 1 heterocycles. The van der Waals surface area contributed by atoms with Crippen LogP contribution in [0.4, 0.5) is 5.69 Å². The number of nitrogens with zero attached hydrogens (tertiary/aromatic N) is 1. The van der Waals surface area contributed by atoms with E-state index in [9.17, 15) is 4.79 Å². The molecule has 4 nitrogen and oxygen atoms in total. The van der Waals surface area contributed by atoms with Gasteiger partial charge < -0.3 is 5.32 Å². The lowest BCUT2D eigenvalue weighted by Gasteiger charge is -2.08. The second-order valence-electron chi connectivity index (χ2n) is 4.22. The molecule has 0 aliphatic heterocycles. The first-order valence-electron chi connectivity index (χ1n) is 5.83. The number of nitrogens with one attached hydrogen (secondary N) is 2. The second kappa shape index (κ2) is 5.15. The molecular formula is C14H9Cl2N3O. The third kappa shape index (κ3) is 2.35. The summed E-state index contributed by atoms with van der Waals surface area (Å²) in [6.07, 6.45) is 1.69. The summed E-state index contributed by atoms with van der Waals surface area (Å²) in [5, 5.41) is 11.1. The quantitative estimate of drug-likeness (QED) is 0.748. The minimum Gasteiger partial charge on any atom is -0.322 e. The Morgan fingerprint density at radius 2 is 1.90 bits per heavy atom. The van der Waals surface area contributed by atoms with Crippen LogP contribution in [0.25, 0.3) is 10.9 Å². The lowest BCUT2D eigenvalue weighted by molar-refractivity contribution is 0.102. The molecule has 3 rings (SSSR count). The van der Waals surface area contributed by atoms with Gasteiger partial charge in [0.25, 0.3) is 5.91 Å². The highest BCUT2D eigenvalue weighted by molar-refractivity contribution is 6.40. The minimum absolute atomic E-state index is 0.267. The van der Waals surface area contributed by atoms with Gasteiger partial charge in [0.1, 0.15) is 0 Å². The molecule has 0 radical (unpaired) electrons. The minimum atomic E-state index is -0.344. The van der Waals surface area contributed by atoms with Crippen molar-refractivity contribution < 1.29 is 4.79 Å². The lowest BCUT2D eigenvalue weighted by Crippen LogP contribution is -2.13. The summed E-state index contributed by atoms with van der Waals surface area (Å²) in [6.45, 7) is 0. The van der Waals surface area contributed by atoms with Crippen LogP contribution in [0.3, 0.4) is 0 Å². The molecule has 0 bridgehead atoms. The normalized spacial score (nSPS) is 10.7. The van der Waals surface area contributed by atoms with E-state index in [1.807, 2.05) is 12.1 Å². The van der Waals surface area contributed by atoms with Crippen LogP contribution in [0.1, 0.15) is 10.4 Å². The number of halogens is 2. The molecule has 0 saturated heterocycles. The predicted octanol–water partition coefficient (Wildman–Crippen LogP) is 4.12. The Balaban J connectivity index is 1.92. The molecule has 100 valence electrons. The fraction of sp³-hybridized carbons (Fsp3) is 0. The zero-order chi connectivity index (χ0) is 14.1. The summed E-state index contributed by atoms with van der Waals surface area (Å²) in [7, 11) is 0. The van der Waals surface area contributed by atoms with Crippen LogP contribution in [-0.4, -0.2) is 16.1 Å². The summed E-state index contributed by atoms with van der Waals surface area (Å²) >= 11 is 12.0. The molecule has 0 spiro atoms. The van der Waals surface area contributed by atoms with Gasteiger partial charge in [0.05, 0.1) is 27.3 Å². The molecule has 0 saturated carbocycles. The second-order valence-corrected chi connectivity index (χ2v) is 5.04. The van der Waals surface area contributed by atoms with Crippen molar-refractivity contribution in [3.63, 3.8) is 0 Å². The average Bonchev–Trinajstić information content (AvgIpc) is 2.85. The molecule has 1 amide bonds. The SMILES string of the molecule is O=C(Nc1ccc2[nH]ncc2c1)c1c(Cl)cccc1Cl. The molecule has 3 aromatic rings. The maximum absolute atomic E-state index is 12.2. The van der Waals surface area contributed by atoms with Crippen LogP contribution in [0.2, 0.25) is 10.0 Å². The van der Waals surface area contributed by atoms with E-state index in [2.05, 4.69) is 15.5 Å². The number of aromatic amines is 1. The zero-order valence-corrected chi connectivity index (χ0v) is 11.7. The number of hydrogen-bond acceptors (Lipinski definition) is 2. The van der Waals surface area contributed by atoms with Gasteiger partial charge in [-0.1, -0.05) is 29.3 Å². The zero-order valence-electron chi connectivity index (χ0n) is 10.2. The number of aromatic nitrogens is 2. The largest absolute Gasteiger partial charge is 0.322 e. The summed E-state index contributed by atoms with van der Waals surface area (Å²) < 4.78 is 0. The fourth-order valence-electron chi connectivity index (χ4n) is 1.93. The number of benzene rings is 2. The van der Waals surface area contributed by atoms with Crippen LogP contribution in [0.5, 0.6) is 0 Å². The number of fused-ring (bicyclic) bond motifs is 1. The number of rotatable bonds is 2. The smallest absolute Gasteiger partial charge is 0.258 e. The van der Waals surface area contributed by atoms with E-state index >= 15 is 0 Å². The molecule has 0 aliphatic carbocycles. The van der Waals surface area contributed by atoms with Gasteiger partial charge in [-0.25, -0.2) is 0 Å². The highest BCUT2D eigenvalue weighted by Crippen LogP contribution is 2.25. The maximum Gasteiger partial charge on any atom is 0.258 e. The summed E-state index contributed by atoms with van der Waals surface area (Å²) in [5.74, 6) is -0.344. The third-order valence-corrected chi connectivity index (χ3v) is 3.52. The summed E-state index contributed by atoms with van der Waals surface area (Å²) in [6, 6.07) is 10.4. The van der Waals surface area contributed by atoms with Gasteiger partial charge in [0.15, 0.2) is 0 Å². The van der Waals surface area contributed by atoms with E-state index in [0.29, 0.717) is 15.7 Å². The van der Waals surface area contributed by atoms with Gasteiger partial charge in [0, 0.05) is 11.1 Å². The van der Waals surface area contributed by atoms with Gasteiger partial charge >= 0.3 is 0 Å². The van der Waals surface area contributed by atoms with Crippen molar-refractivity contribution in [2.24, 2.45) is 0 Å². The predicted molar refractivity (Wildman–Crippen MR) is 80.5 cm³/mol. The Morgan fingerprint density at radius 1 is 1.15 bits per heavy atom. The van der Waals surface area contributed by atoms with Crippen molar-refractivity contribution in [1.82, 2.24) is 10.2 Å². The molecule has 2 aromatic carbocycles. The first kappa shape index (κ1) is 13.0. The molecule has 0 aliphatic rings. The maximum atomic E-state index is 12.2. The standard InChI is InChI=1S/C14H9Cl2N3O/c15-10-2-1-3-11(16)13(10)14(20)18-9-4-5-12-8(6-9)7-17-19-12/h1-7H,(H,17,19)(H,18,20). The Labute approximate surface area is 124 Å². The Morgan fingerprint density at radius 3 is 2.65 bits per heavy atom. The van der Waals surface area contributed by atoms with Crippen molar-refractivity contribution in [3.05, 3.63) is 58.2 Å². The molecule has 0 fully saturated rings. The van der Waals surface area contributed by atoms with Gasteiger partial charge in [-0.15, -0.1) is 0 Å². The molecule has 0 atom stereocenters. The first-order valence-corrected chi connectivity index (χ1v) is 6.59. The van der Waals surface area contributed by atoms with E-state index in [1.165, 1.54) is 0 Å². The summed E-state index contributed by atoms with van der Waals surface area (Å²) in [5.41, 5.74) is 1.82. The van der Waals surface area contributed by atoms with E-state index < -0.39 is 0 Å². The Hall–Kier alpha value is -2.04. The number of hydrogen-bond donors (Lipinski definition) is 2. The van der Waals surface area contributed by atoms with Crippen LogP contribution in [0.15, 0.2) is 42.6 Å². The number of carbonyl (C=O) groups is 1. The number of carbonyl (C=O) groups excluding carboxylic acids is 1. The van der Waals surface area contributed by atoms with Crippen LogP contribution < -0.4 is 5.32 Å². The van der Waals surface area contributed by atoms with Crippen molar-refractivity contribution >= 4 is 45.7 Å². The van der Waals surface area contributed by atoms with Gasteiger partial charge in [-0.3, -0.25) is 9.89 Å². The van der Waals surface area contributed by atoms with Gasteiger partial charge in [-0.2, -0.15) is 5.10 Å². The van der Waals surface area contributed by atoms with Crippen molar-refractivity contribution in [2.75, 3.05) is 5.32 Å². The fourth-order valence-corrected chi connectivity index (χ4v) is 2.50. The van der Waals surface area contributed by atoms with Crippen molar-refractivity contribution in [3.8, 4) is 0 Å². The van der Waals surface area contributed by atoms with Gasteiger partial charge in [0.2, 0.25) is 0 Å². The van der Waals surface area contributed by atoms with Crippen LogP contribution in [0, 0.1) is 0 Å². The van der Waals surface area contributed by atoms with E-state index in [1.54, 1.807) is 30.5 Å². The topological polar surface area (TPSA) is 57.8 Å². The number of anilines is 1. The number of amides is 1. The molecule has 2 N–H and O–H groups in total. The number of H-pyrrole nitrogens is 1. The highest BCUT2D eigenvalue weighted by Gasteiger charge is 2.14. The molecule has 20 heavy (non-hydrogen) atoms. The Kier molecular flexibility index (Phi) is 3.34. The molecule has 6 heteroatoms. The summed E-state index contributed by atoms with van der Waals surface area (Å²) in [4.78, 5) is 12.2. The monoisotopic (exact) mass is 305 g/mol. The average molecular weight is 306 g/mol. The van der Waals surface area contributed by atoms with Crippen LogP contribution in [-0.2, 0) is 0 Å². The first-order chi connectivity index (χ1) is 9.65. The molecule has 0 unspecified atom stereocenters. The Bertz CT molecular complexity index is 778. The van der Waals surface area contributed by atoms with Crippen molar-refractivity contribution in [2.45, 2.75) is 0 Å². The van der Waals surface area contributed by atoms with Gasteiger partial charge in [-0.05, 0) is 30.3 Å². The van der Waals surface area contributed by atoms with E-state index in [4.69, 9.17) is 23.2 Å². The molecular weight excluding hydrogens is 297 g/mol. The van der Waals surface area contributed by atoms with Crippen molar-refractivity contribution in [1.29, 1.82) is 0 Å². The lowest BCUT2D eigenvalue weighted by atomic mass is 10.2. The molecule has 1 aromatic heterocycles. The third-order valence-electron chi connectivity index (χ3n) is 2.89. The van der Waals surface area contributed by atoms with E-state index in [-0.39, 0.29) is 11.5 Å². The highest BCUT2D eigenvalue weighted by atomic mass is 35.5. The van der Waals surface area contributed by atoms with Crippen LogP contribution >= 0.6 is 23.2 Å².